The Morgan fingerprint density at radius 2 is 1.52 bits per heavy atom. The van der Waals surface area contributed by atoms with Gasteiger partial charge in [0.15, 0.2) is 0 Å². The predicted octanol–water partition coefficient (Wildman–Crippen LogP) is 0.388. The number of carbonyl (C=O) groups excluding carboxylic acids is 1. The van der Waals surface area contributed by atoms with E-state index >= 15 is 0 Å². The first-order chi connectivity index (χ1) is 13.8. The summed E-state index contributed by atoms with van der Waals surface area (Å²) in [4.78, 5) is 13.8. The van der Waals surface area contributed by atoms with E-state index in [2.05, 4.69) is 4.72 Å². The van der Waals surface area contributed by atoms with E-state index < -0.39 is 20.0 Å². The van der Waals surface area contributed by atoms with E-state index in [4.69, 9.17) is 4.74 Å². The van der Waals surface area contributed by atoms with Crippen molar-refractivity contribution in [2.75, 3.05) is 45.9 Å². The van der Waals surface area contributed by atoms with Gasteiger partial charge in [0, 0.05) is 39.1 Å². The third-order valence-electron chi connectivity index (χ3n) is 5.06. The minimum absolute atomic E-state index is 0.00991. The van der Waals surface area contributed by atoms with E-state index in [0.717, 1.165) is 25.9 Å². The highest BCUT2D eigenvalue weighted by Gasteiger charge is 2.27. The molecule has 1 amide bonds. The molecule has 162 valence electrons. The molecule has 2 fully saturated rings. The summed E-state index contributed by atoms with van der Waals surface area (Å²) in [6.45, 7) is 2.95. The first-order valence-corrected chi connectivity index (χ1v) is 12.7. The molecule has 0 unspecified atom stereocenters. The van der Waals surface area contributed by atoms with Gasteiger partial charge in [0.05, 0.1) is 23.0 Å². The van der Waals surface area contributed by atoms with Gasteiger partial charge in [-0.1, -0.05) is 0 Å². The van der Waals surface area contributed by atoms with Crippen LogP contribution in [-0.4, -0.2) is 77.9 Å². The van der Waals surface area contributed by atoms with Crippen LogP contribution >= 0.6 is 0 Å². The minimum Gasteiger partial charge on any atom is -0.379 e. The summed E-state index contributed by atoms with van der Waals surface area (Å²) in [5, 5.41) is 0. The summed E-state index contributed by atoms with van der Waals surface area (Å²) < 4.78 is 59.0. The topological polar surface area (TPSA) is 113 Å². The van der Waals surface area contributed by atoms with Crippen LogP contribution in [0.1, 0.15) is 25.7 Å². The number of nitrogens with one attached hydrogen (secondary N) is 1. The normalized spacial score (nSPS) is 18.8. The van der Waals surface area contributed by atoms with Gasteiger partial charge in [0.25, 0.3) is 0 Å². The molecule has 0 bridgehead atoms. The lowest BCUT2D eigenvalue weighted by atomic mass is 10.3. The first-order valence-electron chi connectivity index (χ1n) is 9.76. The van der Waals surface area contributed by atoms with Crippen molar-refractivity contribution in [1.29, 1.82) is 0 Å². The van der Waals surface area contributed by atoms with Gasteiger partial charge in [0.1, 0.15) is 0 Å². The van der Waals surface area contributed by atoms with Gasteiger partial charge in [-0.25, -0.2) is 21.6 Å². The van der Waals surface area contributed by atoms with Crippen LogP contribution in [-0.2, 0) is 29.6 Å². The SMILES string of the molecule is O=C(CCCNS(=O)(=O)c1ccc(S(=O)(=O)N2CCOCC2)cc1)N1CCCC1. The third-order valence-corrected chi connectivity index (χ3v) is 8.45. The molecule has 0 aromatic heterocycles. The number of carbonyl (C=O) groups is 1. The summed E-state index contributed by atoms with van der Waals surface area (Å²) in [6.07, 6.45) is 2.77. The number of benzene rings is 1. The molecule has 2 aliphatic heterocycles. The van der Waals surface area contributed by atoms with Gasteiger partial charge in [-0.3, -0.25) is 4.79 Å². The van der Waals surface area contributed by atoms with E-state index in [-0.39, 0.29) is 35.3 Å². The molecule has 29 heavy (non-hydrogen) atoms. The molecule has 0 aliphatic carbocycles. The molecule has 11 heteroatoms. The van der Waals surface area contributed by atoms with Crippen LogP contribution in [0.4, 0.5) is 0 Å². The molecule has 2 saturated heterocycles. The summed E-state index contributed by atoms with van der Waals surface area (Å²) >= 11 is 0. The smallest absolute Gasteiger partial charge is 0.243 e. The molecule has 0 saturated carbocycles. The van der Waals surface area contributed by atoms with E-state index in [1.54, 1.807) is 0 Å². The molecule has 0 spiro atoms. The Labute approximate surface area is 172 Å². The van der Waals surface area contributed by atoms with Crippen molar-refractivity contribution in [3.05, 3.63) is 24.3 Å². The third kappa shape index (κ3) is 5.54. The van der Waals surface area contributed by atoms with Gasteiger partial charge < -0.3 is 9.64 Å². The second-order valence-corrected chi connectivity index (χ2v) is 10.8. The van der Waals surface area contributed by atoms with Crippen LogP contribution in [0.15, 0.2) is 34.1 Å². The largest absolute Gasteiger partial charge is 0.379 e. The van der Waals surface area contributed by atoms with Crippen molar-refractivity contribution >= 4 is 26.0 Å². The Kier molecular flexibility index (Phi) is 7.28. The average Bonchev–Trinajstić information content (AvgIpc) is 3.27. The zero-order chi connectivity index (χ0) is 20.9. The lowest BCUT2D eigenvalue weighted by molar-refractivity contribution is -0.130. The van der Waals surface area contributed by atoms with Gasteiger partial charge in [0.2, 0.25) is 26.0 Å². The number of sulfonamides is 2. The van der Waals surface area contributed by atoms with Crippen LogP contribution in [0.3, 0.4) is 0 Å². The highest BCUT2D eigenvalue weighted by molar-refractivity contribution is 7.89. The van der Waals surface area contributed by atoms with Crippen molar-refractivity contribution in [2.45, 2.75) is 35.5 Å². The first kappa shape index (κ1) is 22.2. The lowest BCUT2D eigenvalue weighted by Crippen LogP contribution is -2.40. The van der Waals surface area contributed by atoms with Crippen LogP contribution in [0.25, 0.3) is 0 Å². The van der Waals surface area contributed by atoms with Crippen molar-refractivity contribution in [1.82, 2.24) is 13.9 Å². The van der Waals surface area contributed by atoms with Gasteiger partial charge in [-0.2, -0.15) is 4.31 Å². The molecule has 9 nitrogen and oxygen atoms in total. The number of amides is 1. The second kappa shape index (κ2) is 9.52. The maximum atomic E-state index is 12.6. The zero-order valence-electron chi connectivity index (χ0n) is 16.2. The molecule has 2 aliphatic rings. The highest BCUT2D eigenvalue weighted by atomic mass is 32.2. The van der Waals surface area contributed by atoms with E-state index in [1.807, 2.05) is 4.90 Å². The van der Waals surface area contributed by atoms with Crippen LogP contribution in [0, 0.1) is 0 Å². The Balaban J connectivity index is 1.54. The number of rotatable bonds is 8. The molecule has 3 rings (SSSR count). The number of ether oxygens (including phenoxy) is 1. The second-order valence-electron chi connectivity index (χ2n) is 7.08. The van der Waals surface area contributed by atoms with Gasteiger partial charge in [-0.15, -0.1) is 0 Å². The molecule has 1 aromatic carbocycles. The van der Waals surface area contributed by atoms with Crippen molar-refractivity contribution in [3.8, 4) is 0 Å². The van der Waals surface area contributed by atoms with E-state index in [9.17, 15) is 21.6 Å². The zero-order valence-corrected chi connectivity index (χ0v) is 17.9. The maximum absolute atomic E-state index is 12.6. The standard InChI is InChI=1S/C18H27N3O6S2/c22-18(20-10-1-2-11-20)4-3-9-19-28(23,24)16-5-7-17(8-6-16)29(25,26)21-12-14-27-15-13-21/h5-8,19H,1-4,9-15H2. The van der Waals surface area contributed by atoms with Crippen LogP contribution in [0.2, 0.25) is 0 Å². The Morgan fingerprint density at radius 1 is 0.931 bits per heavy atom. The number of morpholine rings is 1. The highest BCUT2D eigenvalue weighted by Crippen LogP contribution is 2.19. The molecule has 1 N–H and O–H groups in total. The number of hydrogen-bond acceptors (Lipinski definition) is 6. The van der Waals surface area contributed by atoms with Crippen LogP contribution < -0.4 is 4.72 Å². The molecule has 1 aromatic rings. The van der Waals surface area contributed by atoms with Gasteiger partial charge in [-0.05, 0) is 43.5 Å². The van der Waals surface area contributed by atoms with Crippen LogP contribution in [0.5, 0.6) is 0 Å². The Hall–Kier alpha value is -1.53. The number of likely N-dealkylation sites (tertiary alicyclic amines) is 1. The summed E-state index contributed by atoms with van der Waals surface area (Å²) in [5.74, 6) is 0.0550. The number of hydrogen-bond donors (Lipinski definition) is 1. The molecule has 0 atom stereocenters. The summed E-state index contributed by atoms with van der Waals surface area (Å²) in [5.41, 5.74) is 0. The molecule has 2 heterocycles. The Morgan fingerprint density at radius 3 is 2.14 bits per heavy atom. The predicted molar refractivity (Wildman–Crippen MR) is 106 cm³/mol. The van der Waals surface area contributed by atoms with Gasteiger partial charge >= 0.3 is 0 Å². The fourth-order valence-corrected chi connectivity index (χ4v) is 5.86. The van der Waals surface area contributed by atoms with E-state index in [1.165, 1.54) is 28.6 Å². The quantitative estimate of drug-likeness (QED) is 0.579. The van der Waals surface area contributed by atoms with Crippen molar-refractivity contribution in [3.63, 3.8) is 0 Å². The maximum Gasteiger partial charge on any atom is 0.243 e. The molecule has 0 radical (unpaired) electrons. The molecular formula is C18H27N3O6S2. The average molecular weight is 446 g/mol. The number of nitrogens with zero attached hydrogens (tertiary/aromatic N) is 2. The fourth-order valence-electron chi connectivity index (χ4n) is 3.38. The summed E-state index contributed by atoms with van der Waals surface area (Å²) in [7, 11) is -7.43. The monoisotopic (exact) mass is 445 g/mol. The van der Waals surface area contributed by atoms with Crippen molar-refractivity contribution in [2.24, 2.45) is 0 Å². The summed E-state index contributed by atoms with van der Waals surface area (Å²) in [6, 6.07) is 5.17. The minimum atomic E-state index is -3.77. The lowest BCUT2D eigenvalue weighted by Gasteiger charge is -2.26. The Bertz CT molecular complexity index is 903. The van der Waals surface area contributed by atoms with Crippen molar-refractivity contribution < 1.29 is 26.4 Å². The van der Waals surface area contributed by atoms with E-state index in [0.29, 0.717) is 26.1 Å². The fraction of sp³-hybridized carbons (Fsp3) is 0.611. The molecular weight excluding hydrogens is 418 g/mol.